The third-order valence-corrected chi connectivity index (χ3v) is 3.59. The number of carbonyl (C=O) groups is 1. The first-order valence-corrected chi connectivity index (χ1v) is 7.34. The van der Waals surface area contributed by atoms with Crippen molar-refractivity contribution in [2.45, 2.75) is 0 Å². The van der Waals surface area contributed by atoms with Gasteiger partial charge in [-0.3, -0.25) is 4.79 Å². The van der Waals surface area contributed by atoms with E-state index in [-0.39, 0.29) is 5.78 Å². The van der Waals surface area contributed by atoms with Gasteiger partial charge in [0.05, 0.1) is 17.8 Å². The van der Waals surface area contributed by atoms with Crippen LogP contribution in [-0.4, -0.2) is 12.9 Å². The van der Waals surface area contributed by atoms with Gasteiger partial charge in [0.1, 0.15) is 5.75 Å². The Hall–Kier alpha value is -1.78. The lowest BCUT2D eigenvalue weighted by atomic mass is 10.1. The van der Waals surface area contributed by atoms with E-state index in [9.17, 15) is 4.79 Å². The third-order valence-electron chi connectivity index (χ3n) is 2.78. The van der Waals surface area contributed by atoms with Crippen LogP contribution in [0.15, 0.2) is 59.2 Å². The number of ketones is 1. The Kier molecular flexibility index (Phi) is 5.42. The topological polar surface area (TPSA) is 38.3 Å². The quantitative estimate of drug-likeness (QED) is 0.603. The smallest absolute Gasteiger partial charge is 0.187 e. The monoisotopic (exact) mass is 365 g/mol. The minimum absolute atomic E-state index is 0.0987. The normalized spacial score (nSPS) is 10.6. The first-order chi connectivity index (χ1) is 10.1. The molecule has 1 N–H and O–H groups in total. The van der Waals surface area contributed by atoms with Crippen molar-refractivity contribution in [1.82, 2.24) is 0 Å². The number of carbonyl (C=O) groups excluding carboxylic acids is 1. The number of ether oxygens (including phenoxy) is 1. The maximum Gasteiger partial charge on any atom is 0.187 e. The second kappa shape index (κ2) is 7.29. The van der Waals surface area contributed by atoms with Crippen molar-refractivity contribution in [3.63, 3.8) is 0 Å². The van der Waals surface area contributed by atoms with Crippen LogP contribution in [0.2, 0.25) is 5.02 Å². The van der Waals surface area contributed by atoms with E-state index in [0.29, 0.717) is 10.6 Å². The van der Waals surface area contributed by atoms with E-state index in [1.807, 2.05) is 12.1 Å². The Balaban J connectivity index is 2.01. The van der Waals surface area contributed by atoms with Gasteiger partial charge in [-0.15, -0.1) is 0 Å². The van der Waals surface area contributed by atoms with E-state index < -0.39 is 0 Å². The number of benzene rings is 2. The Bertz CT molecular complexity index is 668. The van der Waals surface area contributed by atoms with Crippen LogP contribution < -0.4 is 10.1 Å². The molecule has 108 valence electrons. The van der Waals surface area contributed by atoms with Crippen molar-refractivity contribution in [3.05, 3.63) is 69.8 Å². The Morgan fingerprint density at radius 3 is 2.57 bits per heavy atom. The summed E-state index contributed by atoms with van der Waals surface area (Å²) < 4.78 is 5.95. The molecule has 0 spiro atoms. The molecule has 3 nitrogen and oxygen atoms in total. The van der Waals surface area contributed by atoms with Crippen molar-refractivity contribution in [2.24, 2.45) is 0 Å². The number of halogens is 2. The lowest BCUT2D eigenvalue weighted by molar-refractivity contribution is 0.104. The van der Waals surface area contributed by atoms with Crippen LogP contribution in [0.4, 0.5) is 5.69 Å². The molecule has 0 saturated heterocycles. The highest BCUT2D eigenvalue weighted by Gasteiger charge is 2.02. The average Bonchev–Trinajstić information content (AvgIpc) is 2.49. The van der Waals surface area contributed by atoms with Gasteiger partial charge in [-0.05, 0) is 42.5 Å². The highest BCUT2D eigenvalue weighted by molar-refractivity contribution is 9.10. The van der Waals surface area contributed by atoms with Gasteiger partial charge in [0.25, 0.3) is 0 Å². The van der Waals surface area contributed by atoms with Crippen LogP contribution in [0.5, 0.6) is 5.75 Å². The molecule has 0 fully saturated rings. The number of rotatable bonds is 5. The van der Waals surface area contributed by atoms with Gasteiger partial charge in [-0.25, -0.2) is 0 Å². The lowest BCUT2D eigenvalue weighted by Gasteiger charge is -2.04. The highest BCUT2D eigenvalue weighted by atomic mass is 79.9. The van der Waals surface area contributed by atoms with Crippen LogP contribution in [0.3, 0.4) is 0 Å². The molecule has 0 saturated carbocycles. The van der Waals surface area contributed by atoms with Gasteiger partial charge < -0.3 is 10.1 Å². The minimum atomic E-state index is -0.0987. The maximum atomic E-state index is 12.0. The van der Waals surface area contributed by atoms with Crippen LogP contribution in [0.25, 0.3) is 0 Å². The molecule has 2 rings (SSSR count). The predicted octanol–water partition coefficient (Wildman–Crippen LogP) is 4.92. The molecular formula is C16H13BrClNO2. The standard InChI is InChI=1S/C16H13BrClNO2/c1-21-13-5-2-11(3-6-13)16(20)8-9-19-15-7-4-12(17)10-14(15)18/h2-10,19H,1H3/b9-8+. The summed E-state index contributed by atoms with van der Waals surface area (Å²) in [6.45, 7) is 0. The van der Waals surface area contributed by atoms with E-state index in [1.54, 1.807) is 43.6 Å². The molecule has 0 bridgehead atoms. The summed E-state index contributed by atoms with van der Waals surface area (Å²) in [6, 6.07) is 12.4. The van der Waals surface area contributed by atoms with Crippen molar-refractivity contribution >= 4 is 39.0 Å². The summed E-state index contributed by atoms with van der Waals surface area (Å²) >= 11 is 9.41. The van der Waals surface area contributed by atoms with E-state index in [0.717, 1.165) is 15.9 Å². The van der Waals surface area contributed by atoms with E-state index >= 15 is 0 Å². The minimum Gasteiger partial charge on any atom is -0.497 e. The summed E-state index contributed by atoms with van der Waals surface area (Å²) in [6.07, 6.45) is 3.03. The van der Waals surface area contributed by atoms with Crippen LogP contribution in [0.1, 0.15) is 10.4 Å². The number of hydrogen-bond acceptors (Lipinski definition) is 3. The highest BCUT2D eigenvalue weighted by Crippen LogP contribution is 2.25. The molecule has 21 heavy (non-hydrogen) atoms. The SMILES string of the molecule is COc1ccc(C(=O)/C=C/Nc2ccc(Br)cc2Cl)cc1. The molecule has 0 amide bonds. The van der Waals surface area contributed by atoms with Gasteiger partial charge in [0.2, 0.25) is 0 Å². The zero-order valence-corrected chi connectivity index (χ0v) is 13.6. The summed E-state index contributed by atoms with van der Waals surface area (Å²) in [5.74, 6) is 0.619. The second-order valence-corrected chi connectivity index (χ2v) is 5.52. The van der Waals surface area contributed by atoms with Crippen molar-refractivity contribution in [1.29, 1.82) is 0 Å². The van der Waals surface area contributed by atoms with Gasteiger partial charge >= 0.3 is 0 Å². The van der Waals surface area contributed by atoms with Gasteiger partial charge in [-0.2, -0.15) is 0 Å². The molecule has 0 atom stereocenters. The maximum absolute atomic E-state index is 12.0. The van der Waals surface area contributed by atoms with Gasteiger partial charge in [0.15, 0.2) is 5.78 Å². The molecule has 0 unspecified atom stereocenters. The predicted molar refractivity (Wildman–Crippen MR) is 89.2 cm³/mol. The first kappa shape index (κ1) is 15.6. The van der Waals surface area contributed by atoms with Crippen LogP contribution in [0, 0.1) is 0 Å². The number of methoxy groups -OCH3 is 1. The number of hydrogen-bond donors (Lipinski definition) is 1. The largest absolute Gasteiger partial charge is 0.497 e. The van der Waals surface area contributed by atoms with Crippen molar-refractivity contribution in [3.8, 4) is 5.75 Å². The van der Waals surface area contributed by atoms with E-state index in [2.05, 4.69) is 21.2 Å². The number of allylic oxidation sites excluding steroid dienone is 1. The summed E-state index contributed by atoms with van der Waals surface area (Å²) in [7, 11) is 1.59. The summed E-state index contributed by atoms with van der Waals surface area (Å²) in [5.41, 5.74) is 1.33. The number of anilines is 1. The summed E-state index contributed by atoms with van der Waals surface area (Å²) in [4.78, 5) is 12.0. The molecule has 0 radical (unpaired) electrons. The fourth-order valence-corrected chi connectivity index (χ4v) is 2.39. The third kappa shape index (κ3) is 4.34. The molecule has 0 aliphatic rings. The molecule has 5 heteroatoms. The summed E-state index contributed by atoms with van der Waals surface area (Å²) in [5, 5.41) is 3.56. The van der Waals surface area contributed by atoms with Gasteiger partial charge in [0, 0.05) is 22.3 Å². The fourth-order valence-electron chi connectivity index (χ4n) is 1.67. The molecule has 2 aromatic carbocycles. The Morgan fingerprint density at radius 1 is 1.24 bits per heavy atom. The Labute approximate surface area is 136 Å². The number of nitrogens with one attached hydrogen (secondary N) is 1. The van der Waals surface area contributed by atoms with Gasteiger partial charge in [-0.1, -0.05) is 27.5 Å². The zero-order valence-electron chi connectivity index (χ0n) is 11.3. The molecule has 0 heterocycles. The van der Waals surface area contributed by atoms with Crippen molar-refractivity contribution < 1.29 is 9.53 Å². The molecule has 0 aromatic heterocycles. The molecule has 0 aliphatic carbocycles. The fraction of sp³-hybridized carbons (Fsp3) is 0.0625. The Morgan fingerprint density at radius 2 is 1.95 bits per heavy atom. The first-order valence-electron chi connectivity index (χ1n) is 6.16. The van der Waals surface area contributed by atoms with E-state index in [4.69, 9.17) is 16.3 Å². The average molecular weight is 367 g/mol. The molecule has 0 aliphatic heterocycles. The second-order valence-electron chi connectivity index (χ2n) is 4.19. The van der Waals surface area contributed by atoms with E-state index in [1.165, 1.54) is 6.08 Å². The lowest BCUT2D eigenvalue weighted by Crippen LogP contribution is -1.96. The van der Waals surface area contributed by atoms with Crippen LogP contribution >= 0.6 is 27.5 Å². The zero-order chi connectivity index (χ0) is 15.2. The molecular weight excluding hydrogens is 354 g/mol. The van der Waals surface area contributed by atoms with Crippen molar-refractivity contribution in [2.75, 3.05) is 12.4 Å². The van der Waals surface area contributed by atoms with Crippen LogP contribution in [-0.2, 0) is 0 Å². The molecule has 2 aromatic rings.